The van der Waals surface area contributed by atoms with E-state index in [1.54, 1.807) is 13.2 Å². The topological polar surface area (TPSA) is 88.0 Å². The van der Waals surface area contributed by atoms with Gasteiger partial charge in [0.05, 0.1) is 12.4 Å². The van der Waals surface area contributed by atoms with Gasteiger partial charge in [0.2, 0.25) is 5.91 Å². The molecule has 0 saturated carbocycles. The number of amides is 1. The standard InChI is InChI=1S/C19H21NO5S/c1-24-15-4-2-3-13(10-15)16(21)11-25-14-7-5-12(6-8-14)9-17-18(22)20-19(23)26-17/h2-8,10,16-17,19,21,23H,9,11H2,1H3,(H,20,22). The quantitative estimate of drug-likeness (QED) is 0.685. The molecular weight excluding hydrogens is 354 g/mol. The van der Waals surface area contributed by atoms with Crippen LogP contribution in [0.25, 0.3) is 0 Å². The van der Waals surface area contributed by atoms with Gasteiger partial charge in [-0.15, -0.1) is 0 Å². The summed E-state index contributed by atoms with van der Waals surface area (Å²) in [6.45, 7) is 0.125. The molecule has 1 saturated heterocycles. The Morgan fingerprint density at radius 2 is 1.96 bits per heavy atom. The van der Waals surface area contributed by atoms with Gasteiger partial charge in [0, 0.05) is 0 Å². The Hall–Kier alpha value is -2.22. The minimum Gasteiger partial charge on any atom is -0.497 e. The van der Waals surface area contributed by atoms with Crippen molar-refractivity contribution in [3.8, 4) is 11.5 Å². The second kappa shape index (κ2) is 8.44. The number of hydrogen-bond donors (Lipinski definition) is 3. The number of carbonyl (C=O) groups is 1. The fourth-order valence-electron chi connectivity index (χ4n) is 2.66. The third-order valence-electron chi connectivity index (χ3n) is 4.08. The number of aliphatic hydroxyl groups is 2. The highest BCUT2D eigenvalue weighted by atomic mass is 32.2. The molecule has 1 heterocycles. The van der Waals surface area contributed by atoms with Gasteiger partial charge in [0.25, 0.3) is 0 Å². The highest BCUT2D eigenvalue weighted by Crippen LogP contribution is 2.26. The van der Waals surface area contributed by atoms with E-state index in [1.807, 2.05) is 42.5 Å². The summed E-state index contributed by atoms with van der Waals surface area (Å²) in [5, 5.41) is 21.9. The molecule has 0 spiro atoms. The second-order valence-corrected chi connectivity index (χ2v) is 7.22. The normalized spacial score (nSPS) is 20.5. The SMILES string of the molecule is COc1cccc(C(O)COc2ccc(CC3SC(O)NC3=O)cc2)c1. The molecule has 138 valence electrons. The molecule has 7 heteroatoms. The smallest absolute Gasteiger partial charge is 0.236 e. The van der Waals surface area contributed by atoms with E-state index in [0.717, 1.165) is 11.1 Å². The maximum absolute atomic E-state index is 11.7. The zero-order valence-corrected chi connectivity index (χ0v) is 15.1. The number of ether oxygens (including phenoxy) is 2. The maximum atomic E-state index is 11.7. The molecule has 1 aliphatic rings. The van der Waals surface area contributed by atoms with Crippen LogP contribution < -0.4 is 14.8 Å². The number of hydrogen-bond acceptors (Lipinski definition) is 6. The first-order valence-corrected chi connectivity index (χ1v) is 9.17. The zero-order valence-electron chi connectivity index (χ0n) is 14.3. The van der Waals surface area contributed by atoms with Gasteiger partial charge < -0.3 is 25.0 Å². The molecule has 0 aromatic heterocycles. The van der Waals surface area contributed by atoms with Gasteiger partial charge in [-0.1, -0.05) is 36.0 Å². The lowest BCUT2D eigenvalue weighted by Crippen LogP contribution is -2.27. The summed E-state index contributed by atoms with van der Waals surface area (Å²) in [7, 11) is 1.58. The van der Waals surface area contributed by atoms with Crippen LogP contribution in [0, 0.1) is 0 Å². The third-order valence-corrected chi connectivity index (χ3v) is 5.17. The number of carbonyl (C=O) groups excluding carboxylic acids is 1. The summed E-state index contributed by atoms with van der Waals surface area (Å²) in [6, 6.07) is 14.6. The first-order valence-electron chi connectivity index (χ1n) is 8.23. The van der Waals surface area contributed by atoms with Crippen molar-refractivity contribution in [2.75, 3.05) is 13.7 Å². The van der Waals surface area contributed by atoms with Crippen LogP contribution in [0.5, 0.6) is 11.5 Å². The van der Waals surface area contributed by atoms with Crippen LogP contribution in [0.3, 0.4) is 0 Å². The first-order chi connectivity index (χ1) is 12.5. The Kier molecular flexibility index (Phi) is 6.03. The molecule has 3 unspecified atom stereocenters. The van der Waals surface area contributed by atoms with Gasteiger partial charge in [0.15, 0.2) is 5.56 Å². The van der Waals surface area contributed by atoms with Gasteiger partial charge in [-0.2, -0.15) is 0 Å². The molecule has 0 bridgehead atoms. The molecule has 3 atom stereocenters. The molecule has 3 rings (SSSR count). The number of methoxy groups -OCH3 is 1. The number of benzene rings is 2. The lowest BCUT2D eigenvalue weighted by Gasteiger charge is -2.14. The molecule has 0 radical (unpaired) electrons. The van der Waals surface area contributed by atoms with E-state index < -0.39 is 11.7 Å². The van der Waals surface area contributed by atoms with Gasteiger partial charge in [-0.3, -0.25) is 4.79 Å². The van der Waals surface area contributed by atoms with Crippen LogP contribution in [0.2, 0.25) is 0 Å². The largest absolute Gasteiger partial charge is 0.497 e. The van der Waals surface area contributed by atoms with Gasteiger partial charge >= 0.3 is 0 Å². The minimum atomic E-state index is -0.826. The van der Waals surface area contributed by atoms with Gasteiger partial charge in [-0.05, 0) is 41.8 Å². The van der Waals surface area contributed by atoms with Crippen molar-refractivity contribution in [2.45, 2.75) is 23.3 Å². The zero-order chi connectivity index (χ0) is 18.5. The summed E-state index contributed by atoms with van der Waals surface area (Å²) in [6.07, 6.45) is -0.217. The monoisotopic (exact) mass is 375 g/mol. The van der Waals surface area contributed by atoms with E-state index >= 15 is 0 Å². The second-order valence-electron chi connectivity index (χ2n) is 5.94. The highest BCUT2D eigenvalue weighted by molar-refractivity contribution is 8.01. The fraction of sp³-hybridized carbons (Fsp3) is 0.316. The molecule has 6 nitrogen and oxygen atoms in total. The van der Waals surface area contributed by atoms with Crippen molar-refractivity contribution in [1.82, 2.24) is 5.32 Å². The summed E-state index contributed by atoms with van der Waals surface area (Å²) in [4.78, 5) is 11.7. The van der Waals surface area contributed by atoms with E-state index in [1.165, 1.54) is 11.8 Å². The van der Waals surface area contributed by atoms with Crippen molar-refractivity contribution < 1.29 is 24.5 Å². The van der Waals surface area contributed by atoms with Crippen molar-refractivity contribution in [3.63, 3.8) is 0 Å². The van der Waals surface area contributed by atoms with Gasteiger partial charge in [0.1, 0.15) is 24.2 Å². The van der Waals surface area contributed by atoms with E-state index in [9.17, 15) is 15.0 Å². The summed E-state index contributed by atoms with van der Waals surface area (Å²) < 4.78 is 10.8. The lowest BCUT2D eigenvalue weighted by molar-refractivity contribution is -0.121. The molecule has 2 aromatic carbocycles. The average molecular weight is 375 g/mol. The lowest BCUT2D eigenvalue weighted by atomic mass is 10.1. The summed E-state index contributed by atoms with van der Waals surface area (Å²) in [5.41, 5.74) is 0.879. The number of aliphatic hydroxyl groups excluding tert-OH is 2. The van der Waals surface area contributed by atoms with E-state index in [4.69, 9.17) is 9.47 Å². The molecule has 2 aromatic rings. The highest BCUT2D eigenvalue weighted by Gasteiger charge is 2.31. The van der Waals surface area contributed by atoms with Crippen LogP contribution in [0.15, 0.2) is 48.5 Å². The summed E-state index contributed by atoms with van der Waals surface area (Å²) >= 11 is 1.21. The maximum Gasteiger partial charge on any atom is 0.236 e. The Balaban J connectivity index is 1.53. The first kappa shape index (κ1) is 18.6. The summed E-state index contributed by atoms with van der Waals surface area (Å²) in [5.74, 6) is 1.17. The van der Waals surface area contributed by atoms with Crippen LogP contribution in [-0.2, 0) is 11.2 Å². The predicted molar refractivity (Wildman–Crippen MR) is 99.1 cm³/mol. The fourth-order valence-corrected chi connectivity index (χ4v) is 3.64. The Labute approximate surface area is 156 Å². The van der Waals surface area contributed by atoms with E-state index in [-0.39, 0.29) is 17.8 Å². The van der Waals surface area contributed by atoms with Crippen LogP contribution in [-0.4, -0.2) is 40.6 Å². The van der Waals surface area contributed by atoms with Crippen molar-refractivity contribution in [2.24, 2.45) is 0 Å². The van der Waals surface area contributed by atoms with Crippen LogP contribution in [0.4, 0.5) is 0 Å². The van der Waals surface area contributed by atoms with Crippen molar-refractivity contribution >= 4 is 17.7 Å². The molecule has 26 heavy (non-hydrogen) atoms. The third kappa shape index (κ3) is 4.69. The minimum absolute atomic E-state index is 0.125. The van der Waals surface area contributed by atoms with Crippen LogP contribution >= 0.6 is 11.8 Å². The predicted octanol–water partition coefficient (Wildman–Crippen LogP) is 1.86. The van der Waals surface area contributed by atoms with E-state index in [0.29, 0.717) is 17.9 Å². The Morgan fingerprint density at radius 3 is 2.62 bits per heavy atom. The molecular formula is C19H21NO5S. The van der Waals surface area contributed by atoms with Crippen molar-refractivity contribution in [3.05, 3.63) is 59.7 Å². The number of rotatable bonds is 7. The van der Waals surface area contributed by atoms with E-state index in [2.05, 4.69) is 5.32 Å². The number of nitrogens with one attached hydrogen (secondary N) is 1. The molecule has 0 aliphatic carbocycles. The van der Waals surface area contributed by atoms with Crippen molar-refractivity contribution in [1.29, 1.82) is 0 Å². The van der Waals surface area contributed by atoms with Gasteiger partial charge in [-0.25, -0.2) is 0 Å². The molecule has 3 N–H and O–H groups in total. The number of thioether (sulfide) groups is 1. The molecule has 1 fully saturated rings. The Bertz CT molecular complexity index is 752. The average Bonchev–Trinajstić information content (AvgIpc) is 2.97. The van der Waals surface area contributed by atoms with Crippen LogP contribution in [0.1, 0.15) is 17.2 Å². The molecule has 1 aliphatic heterocycles. The Morgan fingerprint density at radius 1 is 1.19 bits per heavy atom. The molecule has 1 amide bonds.